The molecule has 8 nitrogen and oxygen atoms in total. The van der Waals surface area contributed by atoms with Crippen LogP contribution in [0, 0.1) is 5.92 Å². The maximum absolute atomic E-state index is 12.2. The van der Waals surface area contributed by atoms with Crippen molar-refractivity contribution in [2.75, 3.05) is 13.2 Å². The van der Waals surface area contributed by atoms with Gasteiger partial charge in [0.05, 0.1) is 24.9 Å². The minimum atomic E-state index is -1.08. The number of aliphatic hydroxyl groups excluding tert-OH is 4. The maximum Gasteiger partial charge on any atom is 0.306 e. The van der Waals surface area contributed by atoms with Crippen molar-refractivity contribution in [1.82, 2.24) is 0 Å². The molecule has 0 spiro atoms. The molecule has 51 heavy (non-hydrogen) atoms. The highest BCUT2D eigenvalue weighted by Crippen LogP contribution is 2.15. The van der Waals surface area contributed by atoms with E-state index in [4.69, 9.17) is 9.47 Å². The Balaban J connectivity index is 3.87. The average Bonchev–Trinajstić information content (AvgIpc) is 3.10. The first-order chi connectivity index (χ1) is 24.7. The number of carbonyl (C=O) groups is 2. The van der Waals surface area contributed by atoms with E-state index in [0.29, 0.717) is 6.42 Å². The molecule has 0 radical (unpaired) electrons. The fraction of sp³-hybridized carbons (Fsp3) is 0.767. The standard InChI is InChI=1S/C43H76O8/c1-4-5-22-29-38(45)30-24-19-16-17-20-25-31-40(46)41(47)32-27-34-42(48)50-36-39(35-44)51-43(49)33-26-21-15-13-11-9-7-6-8-10-12-14-18-23-28-37(2)3/h16-17,19-20,24-25,30-31,37-41,44-47H,4-15,18,21-23,26-29,32-36H2,1-3H3/b19-16-,20-17+,30-24+,31-25+/t38-,39+,40-,41-/m1/s1. The summed E-state index contributed by atoms with van der Waals surface area (Å²) >= 11 is 0. The van der Waals surface area contributed by atoms with E-state index in [-0.39, 0.29) is 25.9 Å². The number of allylic oxidation sites excluding steroid dienone is 6. The molecule has 0 unspecified atom stereocenters. The molecule has 0 amide bonds. The molecule has 0 aromatic heterocycles. The molecule has 4 atom stereocenters. The van der Waals surface area contributed by atoms with Gasteiger partial charge >= 0.3 is 11.9 Å². The van der Waals surface area contributed by atoms with Crippen molar-refractivity contribution in [3.8, 4) is 0 Å². The molecule has 0 rings (SSSR count). The van der Waals surface area contributed by atoms with E-state index < -0.39 is 43.0 Å². The SMILES string of the molecule is CCCCC[C@@H](O)/C=C/C=C\C=C\C=C\[C@@H](O)[C@H](O)CCCC(=O)OC[C@H](CO)OC(=O)CCCCCCCCCCCCCCCCC(C)C. The zero-order valence-electron chi connectivity index (χ0n) is 32.6. The number of rotatable bonds is 35. The maximum atomic E-state index is 12.2. The number of hydrogen-bond donors (Lipinski definition) is 4. The Kier molecular flexibility index (Phi) is 34.5. The van der Waals surface area contributed by atoms with Crippen LogP contribution in [0.2, 0.25) is 0 Å². The molecule has 0 heterocycles. The monoisotopic (exact) mass is 721 g/mol. The van der Waals surface area contributed by atoms with Crippen LogP contribution in [0.25, 0.3) is 0 Å². The quantitative estimate of drug-likeness (QED) is 0.0289. The van der Waals surface area contributed by atoms with Gasteiger partial charge in [0.15, 0.2) is 6.10 Å². The lowest BCUT2D eigenvalue weighted by molar-refractivity contribution is -0.161. The van der Waals surface area contributed by atoms with Gasteiger partial charge in [-0.3, -0.25) is 9.59 Å². The van der Waals surface area contributed by atoms with Gasteiger partial charge in [-0.05, 0) is 31.6 Å². The first-order valence-electron chi connectivity index (χ1n) is 20.4. The van der Waals surface area contributed by atoms with Crippen LogP contribution in [-0.2, 0) is 19.1 Å². The number of esters is 2. The van der Waals surface area contributed by atoms with E-state index in [2.05, 4.69) is 20.8 Å². The zero-order valence-corrected chi connectivity index (χ0v) is 32.6. The fourth-order valence-corrected chi connectivity index (χ4v) is 5.65. The van der Waals surface area contributed by atoms with Crippen molar-refractivity contribution in [2.24, 2.45) is 5.92 Å². The van der Waals surface area contributed by atoms with Crippen LogP contribution >= 0.6 is 0 Å². The molecule has 0 fully saturated rings. The normalized spacial score (nSPS) is 14.7. The summed E-state index contributed by atoms with van der Waals surface area (Å²) in [5.74, 6) is -0.0866. The number of unbranched alkanes of at least 4 members (excludes halogenated alkanes) is 15. The van der Waals surface area contributed by atoms with Gasteiger partial charge in [0.2, 0.25) is 0 Å². The second-order valence-corrected chi connectivity index (χ2v) is 14.4. The molecular formula is C43H76O8. The van der Waals surface area contributed by atoms with Crippen LogP contribution in [0.5, 0.6) is 0 Å². The molecule has 0 aliphatic heterocycles. The van der Waals surface area contributed by atoms with Gasteiger partial charge in [0, 0.05) is 12.8 Å². The number of ether oxygens (including phenoxy) is 2. The Labute approximate surface area is 311 Å². The van der Waals surface area contributed by atoms with Crippen LogP contribution in [0.4, 0.5) is 0 Å². The van der Waals surface area contributed by atoms with E-state index in [1.807, 2.05) is 6.08 Å². The van der Waals surface area contributed by atoms with Crippen molar-refractivity contribution >= 4 is 11.9 Å². The molecule has 0 aliphatic rings. The van der Waals surface area contributed by atoms with Crippen LogP contribution in [-0.4, -0.2) is 70.0 Å². The van der Waals surface area contributed by atoms with E-state index in [1.165, 1.54) is 83.1 Å². The van der Waals surface area contributed by atoms with Crippen molar-refractivity contribution in [3.63, 3.8) is 0 Å². The Bertz CT molecular complexity index is 925. The van der Waals surface area contributed by atoms with Gasteiger partial charge in [-0.2, -0.15) is 0 Å². The lowest BCUT2D eigenvalue weighted by Gasteiger charge is -2.16. The first kappa shape index (κ1) is 48.7. The summed E-state index contributed by atoms with van der Waals surface area (Å²) in [6, 6.07) is 0. The summed E-state index contributed by atoms with van der Waals surface area (Å²) in [5, 5.41) is 39.7. The molecule has 8 heteroatoms. The van der Waals surface area contributed by atoms with Gasteiger partial charge in [-0.25, -0.2) is 0 Å². The van der Waals surface area contributed by atoms with Crippen LogP contribution in [0.1, 0.15) is 168 Å². The van der Waals surface area contributed by atoms with Gasteiger partial charge in [0.25, 0.3) is 0 Å². The minimum absolute atomic E-state index is 0.0315. The highest BCUT2D eigenvalue weighted by molar-refractivity contribution is 5.70. The average molecular weight is 721 g/mol. The summed E-state index contributed by atoms with van der Waals surface area (Å²) in [6.07, 6.45) is 34.0. The second kappa shape index (κ2) is 36.1. The first-order valence-corrected chi connectivity index (χ1v) is 20.4. The summed E-state index contributed by atoms with van der Waals surface area (Å²) in [4.78, 5) is 24.3. The molecule has 0 bridgehead atoms. The summed E-state index contributed by atoms with van der Waals surface area (Å²) in [5.41, 5.74) is 0. The highest BCUT2D eigenvalue weighted by Gasteiger charge is 2.17. The Morgan fingerprint density at radius 2 is 1.06 bits per heavy atom. The predicted molar refractivity (Wildman–Crippen MR) is 209 cm³/mol. The van der Waals surface area contributed by atoms with E-state index in [9.17, 15) is 30.0 Å². The molecule has 0 aromatic rings. The van der Waals surface area contributed by atoms with E-state index in [1.54, 1.807) is 36.5 Å². The molecular weight excluding hydrogens is 644 g/mol. The molecule has 0 aromatic carbocycles. The third-order valence-corrected chi connectivity index (χ3v) is 8.92. The third-order valence-electron chi connectivity index (χ3n) is 8.92. The summed E-state index contributed by atoms with van der Waals surface area (Å²) in [6.45, 7) is 6.08. The fourth-order valence-electron chi connectivity index (χ4n) is 5.65. The van der Waals surface area contributed by atoms with Crippen LogP contribution in [0.15, 0.2) is 48.6 Å². The van der Waals surface area contributed by atoms with E-state index in [0.717, 1.165) is 50.9 Å². The van der Waals surface area contributed by atoms with Gasteiger partial charge < -0.3 is 29.9 Å². The number of aliphatic hydroxyl groups is 4. The lowest BCUT2D eigenvalue weighted by atomic mass is 10.0. The molecule has 296 valence electrons. The smallest absolute Gasteiger partial charge is 0.306 e. The second-order valence-electron chi connectivity index (χ2n) is 14.4. The number of carbonyl (C=O) groups excluding carboxylic acids is 2. The van der Waals surface area contributed by atoms with Crippen LogP contribution in [0.3, 0.4) is 0 Å². The zero-order chi connectivity index (χ0) is 37.8. The van der Waals surface area contributed by atoms with Crippen molar-refractivity contribution in [1.29, 1.82) is 0 Å². The number of hydrogen-bond acceptors (Lipinski definition) is 8. The molecule has 0 aliphatic carbocycles. The Morgan fingerprint density at radius 1 is 0.569 bits per heavy atom. The van der Waals surface area contributed by atoms with Crippen molar-refractivity contribution in [2.45, 2.75) is 193 Å². The Morgan fingerprint density at radius 3 is 1.61 bits per heavy atom. The topological polar surface area (TPSA) is 134 Å². The lowest BCUT2D eigenvalue weighted by Crippen LogP contribution is -2.28. The largest absolute Gasteiger partial charge is 0.462 e. The predicted octanol–water partition coefficient (Wildman–Crippen LogP) is 9.39. The third kappa shape index (κ3) is 34.6. The highest BCUT2D eigenvalue weighted by atomic mass is 16.6. The molecule has 0 saturated heterocycles. The van der Waals surface area contributed by atoms with Gasteiger partial charge in [-0.15, -0.1) is 0 Å². The Hall–Kier alpha value is -2.26. The van der Waals surface area contributed by atoms with Crippen molar-refractivity contribution < 1.29 is 39.5 Å². The molecule has 4 N–H and O–H groups in total. The van der Waals surface area contributed by atoms with Crippen molar-refractivity contribution in [3.05, 3.63) is 48.6 Å². The van der Waals surface area contributed by atoms with Crippen LogP contribution < -0.4 is 0 Å². The minimum Gasteiger partial charge on any atom is -0.462 e. The molecule has 0 saturated carbocycles. The van der Waals surface area contributed by atoms with Gasteiger partial charge in [-0.1, -0.05) is 179 Å². The summed E-state index contributed by atoms with van der Waals surface area (Å²) < 4.78 is 10.4. The van der Waals surface area contributed by atoms with E-state index >= 15 is 0 Å². The van der Waals surface area contributed by atoms with Gasteiger partial charge in [0.1, 0.15) is 6.61 Å². The summed E-state index contributed by atoms with van der Waals surface area (Å²) in [7, 11) is 0.